The summed E-state index contributed by atoms with van der Waals surface area (Å²) in [7, 11) is 1.59. The maximum atomic E-state index is 13.8. The summed E-state index contributed by atoms with van der Waals surface area (Å²) in [4.78, 5) is 15.6. The fourth-order valence-corrected chi connectivity index (χ4v) is 5.42. The number of nitrogens with zero attached hydrogens (tertiary/aromatic N) is 2. The van der Waals surface area contributed by atoms with E-state index >= 15 is 0 Å². The normalized spacial score (nSPS) is 14.3. The molecule has 0 spiro atoms. The highest BCUT2D eigenvalue weighted by molar-refractivity contribution is 6.31. The SMILES string of the molecule is COc1cc(C2c3c(-c4cc(Cl)c(C)cc4O)n[nH]c3C(=O)N2Cc2ccccc2)ccc1OCc1ccccc1. The number of amides is 1. The van der Waals surface area contributed by atoms with Crippen LogP contribution < -0.4 is 9.47 Å². The van der Waals surface area contributed by atoms with Crippen LogP contribution in [0.4, 0.5) is 0 Å². The van der Waals surface area contributed by atoms with Crippen LogP contribution >= 0.6 is 11.6 Å². The number of aryl methyl sites for hydroxylation is 1. The number of aromatic nitrogens is 2. The van der Waals surface area contributed by atoms with Gasteiger partial charge in [-0.1, -0.05) is 78.3 Å². The van der Waals surface area contributed by atoms with Gasteiger partial charge in [-0.3, -0.25) is 9.89 Å². The molecule has 0 saturated carbocycles. The number of benzene rings is 4. The molecule has 206 valence electrons. The van der Waals surface area contributed by atoms with Crippen LogP contribution in [0, 0.1) is 6.92 Å². The zero-order valence-corrected chi connectivity index (χ0v) is 23.4. The van der Waals surface area contributed by atoms with Crippen LogP contribution in [0.2, 0.25) is 5.02 Å². The number of hydrogen-bond donors (Lipinski definition) is 2. The summed E-state index contributed by atoms with van der Waals surface area (Å²) in [5.41, 5.74) is 5.55. The Morgan fingerprint density at radius 3 is 2.37 bits per heavy atom. The van der Waals surface area contributed by atoms with Gasteiger partial charge >= 0.3 is 0 Å². The lowest BCUT2D eigenvalue weighted by Crippen LogP contribution is -2.29. The summed E-state index contributed by atoms with van der Waals surface area (Å²) in [5.74, 6) is 0.990. The largest absolute Gasteiger partial charge is 0.507 e. The lowest BCUT2D eigenvalue weighted by Gasteiger charge is -2.27. The van der Waals surface area contributed by atoms with E-state index in [0.717, 1.165) is 22.3 Å². The molecule has 1 unspecified atom stereocenters. The third-order valence-corrected chi connectivity index (χ3v) is 7.74. The first-order valence-electron chi connectivity index (χ1n) is 13.2. The molecular weight excluding hydrogens is 538 g/mol. The number of aromatic amines is 1. The molecule has 2 heterocycles. The number of phenols is 1. The monoisotopic (exact) mass is 565 g/mol. The van der Waals surface area contributed by atoms with Gasteiger partial charge in [0.2, 0.25) is 0 Å². The van der Waals surface area contributed by atoms with E-state index in [2.05, 4.69) is 10.2 Å². The summed E-state index contributed by atoms with van der Waals surface area (Å²) < 4.78 is 11.8. The van der Waals surface area contributed by atoms with Crippen LogP contribution in [0.3, 0.4) is 0 Å². The molecule has 1 atom stereocenters. The number of ether oxygens (including phenoxy) is 2. The van der Waals surface area contributed by atoms with Gasteiger partial charge in [0.05, 0.1) is 13.2 Å². The topological polar surface area (TPSA) is 87.7 Å². The van der Waals surface area contributed by atoms with Gasteiger partial charge in [-0.05, 0) is 53.4 Å². The minimum atomic E-state index is -0.511. The molecule has 0 bridgehead atoms. The Morgan fingerprint density at radius 1 is 0.951 bits per heavy atom. The van der Waals surface area contributed by atoms with Gasteiger partial charge in [-0.15, -0.1) is 0 Å². The third-order valence-electron chi connectivity index (χ3n) is 7.33. The molecule has 1 aromatic heterocycles. The Morgan fingerprint density at radius 2 is 1.66 bits per heavy atom. The van der Waals surface area contributed by atoms with Crippen molar-refractivity contribution in [1.29, 1.82) is 0 Å². The van der Waals surface area contributed by atoms with Crippen molar-refractivity contribution in [3.63, 3.8) is 0 Å². The summed E-state index contributed by atoms with van der Waals surface area (Å²) in [6.07, 6.45) is 0. The number of H-pyrrole nitrogens is 1. The third kappa shape index (κ3) is 5.00. The van der Waals surface area contributed by atoms with Crippen LogP contribution in [0.15, 0.2) is 91.0 Å². The van der Waals surface area contributed by atoms with Gasteiger partial charge in [-0.25, -0.2) is 0 Å². The van der Waals surface area contributed by atoms with Crippen LogP contribution in [-0.4, -0.2) is 33.2 Å². The number of methoxy groups -OCH3 is 1. The molecule has 0 aliphatic carbocycles. The van der Waals surface area contributed by atoms with Crippen LogP contribution in [0.25, 0.3) is 11.3 Å². The smallest absolute Gasteiger partial charge is 0.273 e. The molecule has 41 heavy (non-hydrogen) atoms. The van der Waals surface area contributed by atoms with Crippen LogP contribution in [0.5, 0.6) is 17.2 Å². The maximum Gasteiger partial charge on any atom is 0.273 e. The van der Waals surface area contributed by atoms with E-state index in [0.29, 0.717) is 52.2 Å². The minimum absolute atomic E-state index is 0.0381. The first-order valence-corrected chi connectivity index (χ1v) is 13.6. The minimum Gasteiger partial charge on any atom is -0.507 e. The van der Waals surface area contributed by atoms with Crippen molar-refractivity contribution in [3.05, 3.63) is 130 Å². The second kappa shape index (κ2) is 11.0. The summed E-state index contributed by atoms with van der Waals surface area (Å²) in [6.45, 7) is 2.59. The van der Waals surface area contributed by atoms with Gasteiger partial charge in [-0.2, -0.15) is 5.10 Å². The zero-order valence-electron chi connectivity index (χ0n) is 22.6. The average Bonchev–Trinajstić information content (AvgIpc) is 3.53. The highest BCUT2D eigenvalue weighted by atomic mass is 35.5. The second-order valence-electron chi connectivity index (χ2n) is 9.99. The molecule has 7 nitrogen and oxygen atoms in total. The molecule has 5 aromatic rings. The molecule has 0 saturated heterocycles. The fourth-order valence-electron chi connectivity index (χ4n) is 5.26. The first-order chi connectivity index (χ1) is 19.9. The Balaban J connectivity index is 1.44. The van der Waals surface area contributed by atoms with Gasteiger partial charge in [0.1, 0.15) is 23.7 Å². The van der Waals surface area contributed by atoms with E-state index in [9.17, 15) is 9.90 Å². The molecule has 1 aliphatic rings. The first kappa shape index (κ1) is 26.5. The highest BCUT2D eigenvalue weighted by Gasteiger charge is 2.43. The molecule has 2 N–H and O–H groups in total. The Bertz CT molecular complexity index is 1720. The van der Waals surface area contributed by atoms with Gasteiger partial charge < -0.3 is 19.5 Å². The Labute approximate surface area is 242 Å². The van der Waals surface area contributed by atoms with E-state index in [-0.39, 0.29) is 11.7 Å². The molecule has 0 radical (unpaired) electrons. The van der Waals surface area contributed by atoms with E-state index in [1.54, 1.807) is 24.1 Å². The lowest BCUT2D eigenvalue weighted by molar-refractivity contribution is 0.0730. The fraction of sp³-hybridized carbons (Fsp3) is 0.152. The number of carbonyl (C=O) groups is 1. The van der Waals surface area contributed by atoms with Gasteiger partial charge in [0.25, 0.3) is 5.91 Å². The van der Waals surface area contributed by atoms with Crippen molar-refractivity contribution in [2.45, 2.75) is 26.1 Å². The molecular formula is C33H28ClN3O4. The number of hydrogen-bond acceptors (Lipinski definition) is 5. The van der Waals surface area contributed by atoms with Gasteiger partial charge in [0.15, 0.2) is 11.5 Å². The van der Waals surface area contributed by atoms with Crippen molar-refractivity contribution in [2.24, 2.45) is 0 Å². The summed E-state index contributed by atoms with van der Waals surface area (Å²) >= 11 is 6.45. The Kier molecular flexibility index (Phi) is 7.12. The number of phenolic OH excluding ortho intramolecular Hbond substituents is 1. The Hall–Kier alpha value is -4.75. The zero-order chi connectivity index (χ0) is 28.5. The van der Waals surface area contributed by atoms with Crippen LogP contribution in [-0.2, 0) is 13.2 Å². The van der Waals surface area contributed by atoms with E-state index in [1.165, 1.54) is 0 Å². The standard InChI is InChI=1S/C33H28ClN3O4/c1-20-15-26(38)24(17-25(20)34)30-29-31(36-35-30)33(39)37(18-21-9-5-3-6-10-21)32(29)23-13-14-27(28(16-23)40-2)41-19-22-11-7-4-8-12-22/h3-17,32,38H,18-19H2,1-2H3,(H,35,36). The second-order valence-corrected chi connectivity index (χ2v) is 10.4. The van der Waals surface area contributed by atoms with Crippen molar-refractivity contribution in [2.75, 3.05) is 7.11 Å². The van der Waals surface area contributed by atoms with Crippen molar-refractivity contribution in [3.8, 4) is 28.5 Å². The number of carbonyl (C=O) groups excluding carboxylic acids is 1. The highest BCUT2D eigenvalue weighted by Crippen LogP contribution is 2.47. The van der Waals surface area contributed by atoms with Crippen molar-refractivity contribution in [1.82, 2.24) is 15.1 Å². The quantitative estimate of drug-likeness (QED) is 0.210. The molecule has 4 aromatic carbocycles. The predicted octanol–water partition coefficient (Wildman–Crippen LogP) is 7.08. The van der Waals surface area contributed by atoms with E-state index in [4.69, 9.17) is 21.1 Å². The molecule has 6 rings (SSSR count). The number of aromatic hydroxyl groups is 1. The van der Waals surface area contributed by atoms with Gasteiger partial charge in [0, 0.05) is 22.7 Å². The summed E-state index contributed by atoms with van der Waals surface area (Å²) in [5, 5.41) is 18.8. The number of rotatable bonds is 8. The maximum absolute atomic E-state index is 13.8. The molecule has 0 fully saturated rings. The van der Waals surface area contributed by atoms with E-state index in [1.807, 2.05) is 85.8 Å². The average molecular weight is 566 g/mol. The number of fused-ring (bicyclic) bond motifs is 1. The lowest BCUT2D eigenvalue weighted by atomic mass is 9.94. The summed E-state index contributed by atoms with van der Waals surface area (Å²) in [6, 6.07) is 28.2. The number of nitrogens with one attached hydrogen (secondary N) is 1. The van der Waals surface area contributed by atoms with E-state index < -0.39 is 6.04 Å². The van der Waals surface area contributed by atoms with Crippen LogP contribution in [0.1, 0.15) is 44.3 Å². The van der Waals surface area contributed by atoms with Crippen molar-refractivity contribution < 1.29 is 19.4 Å². The molecule has 8 heteroatoms. The molecule has 1 amide bonds. The predicted molar refractivity (Wildman–Crippen MR) is 157 cm³/mol. The van der Waals surface area contributed by atoms with Crippen molar-refractivity contribution >= 4 is 17.5 Å². The number of halogens is 1. The molecule has 1 aliphatic heterocycles.